The Morgan fingerprint density at radius 2 is 1.93 bits per heavy atom. The largest absolute Gasteiger partial charge is 0.377 e. The van der Waals surface area contributed by atoms with E-state index in [0.717, 1.165) is 32.8 Å². The minimum Gasteiger partial charge on any atom is -0.377 e. The third-order valence-electron chi connectivity index (χ3n) is 3.03. The number of piperidine rings is 1. The zero-order chi connectivity index (χ0) is 10.9. The molecule has 1 aliphatic heterocycles. The van der Waals surface area contributed by atoms with Crippen molar-refractivity contribution in [2.45, 2.75) is 39.2 Å². The molecule has 90 valence electrons. The van der Waals surface area contributed by atoms with Crippen LogP contribution in [0.3, 0.4) is 0 Å². The lowest BCUT2D eigenvalue weighted by molar-refractivity contribution is 0.0208. The second-order valence-electron chi connectivity index (χ2n) is 4.25. The fraction of sp³-hybridized carbons (Fsp3) is 1.00. The molecule has 1 rings (SSSR count). The lowest BCUT2D eigenvalue weighted by Crippen LogP contribution is -2.35. The first kappa shape index (κ1) is 12.9. The molecule has 0 amide bonds. The van der Waals surface area contributed by atoms with Crippen LogP contribution in [-0.2, 0) is 4.74 Å². The maximum atomic E-state index is 5.88. The summed E-state index contributed by atoms with van der Waals surface area (Å²) in [5, 5.41) is 3.35. The summed E-state index contributed by atoms with van der Waals surface area (Å²) in [4.78, 5) is 2.46. The minimum atomic E-state index is 0.506. The molecule has 0 saturated carbocycles. The van der Waals surface area contributed by atoms with Gasteiger partial charge < -0.3 is 15.0 Å². The van der Waals surface area contributed by atoms with Crippen molar-refractivity contribution in [2.75, 3.05) is 39.3 Å². The number of hydrogen-bond acceptors (Lipinski definition) is 3. The van der Waals surface area contributed by atoms with Gasteiger partial charge in [0.05, 0.1) is 12.7 Å². The minimum absolute atomic E-state index is 0.506. The Bertz CT molecular complexity index is 142. The Kier molecular flexibility index (Phi) is 6.98. The highest BCUT2D eigenvalue weighted by Crippen LogP contribution is 2.06. The SMILES string of the molecule is CCCN(CC)CCOC1CCNCC1. The maximum Gasteiger partial charge on any atom is 0.0600 e. The maximum absolute atomic E-state index is 5.88. The number of likely N-dealkylation sites (N-methyl/N-ethyl adjacent to an activating group) is 1. The summed E-state index contributed by atoms with van der Waals surface area (Å²) in [7, 11) is 0. The molecule has 0 aliphatic carbocycles. The van der Waals surface area contributed by atoms with Crippen LogP contribution in [0.2, 0.25) is 0 Å². The number of hydrogen-bond donors (Lipinski definition) is 1. The van der Waals surface area contributed by atoms with Gasteiger partial charge in [0.1, 0.15) is 0 Å². The molecule has 0 aromatic rings. The number of rotatable bonds is 7. The van der Waals surface area contributed by atoms with Gasteiger partial charge in [-0.2, -0.15) is 0 Å². The lowest BCUT2D eigenvalue weighted by Gasteiger charge is -2.25. The zero-order valence-electron chi connectivity index (χ0n) is 10.3. The van der Waals surface area contributed by atoms with Crippen LogP contribution in [0.25, 0.3) is 0 Å². The van der Waals surface area contributed by atoms with Crippen LogP contribution >= 0.6 is 0 Å². The molecule has 0 aromatic heterocycles. The molecule has 0 unspecified atom stereocenters. The standard InChI is InChI=1S/C12H26N2O/c1-3-9-14(4-2)10-11-15-12-5-7-13-8-6-12/h12-13H,3-11H2,1-2H3. The van der Waals surface area contributed by atoms with E-state index in [9.17, 15) is 0 Å². The molecule has 0 atom stereocenters. The monoisotopic (exact) mass is 214 g/mol. The third-order valence-corrected chi connectivity index (χ3v) is 3.03. The second kappa shape index (κ2) is 8.08. The van der Waals surface area contributed by atoms with E-state index in [1.165, 1.54) is 25.8 Å². The molecule has 1 fully saturated rings. The highest BCUT2D eigenvalue weighted by Gasteiger charge is 2.13. The van der Waals surface area contributed by atoms with Gasteiger partial charge in [0.2, 0.25) is 0 Å². The third kappa shape index (κ3) is 5.50. The smallest absolute Gasteiger partial charge is 0.0600 e. The molecule has 3 nitrogen and oxygen atoms in total. The predicted octanol–water partition coefficient (Wildman–Crippen LogP) is 1.49. The van der Waals surface area contributed by atoms with Crippen LogP contribution in [0.5, 0.6) is 0 Å². The summed E-state index contributed by atoms with van der Waals surface area (Å²) < 4.78 is 5.88. The topological polar surface area (TPSA) is 24.5 Å². The van der Waals surface area contributed by atoms with Gasteiger partial charge >= 0.3 is 0 Å². The number of ether oxygens (including phenoxy) is 1. The Morgan fingerprint density at radius 1 is 1.20 bits per heavy atom. The first-order valence-corrected chi connectivity index (χ1v) is 6.41. The Labute approximate surface area is 94.2 Å². The van der Waals surface area contributed by atoms with Crippen LogP contribution < -0.4 is 5.32 Å². The van der Waals surface area contributed by atoms with Gasteiger partial charge in [0.25, 0.3) is 0 Å². The van der Waals surface area contributed by atoms with Crippen molar-refractivity contribution >= 4 is 0 Å². The van der Waals surface area contributed by atoms with Crippen molar-refractivity contribution in [3.05, 3.63) is 0 Å². The van der Waals surface area contributed by atoms with Crippen molar-refractivity contribution in [3.63, 3.8) is 0 Å². The molecule has 1 saturated heterocycles. The lowest BCUT2D eigenvalue weighted by atomic mass is 10.1. The van der Waals surface area contributed by atoms with Crippen LogP contribution in [0.15, 0.2) is 0 Å². The average Bonchev–Trinajstić information content (AvgIpc) is 2.29. The number of nitrogens with one attached hydrogen (secondary N) is 1. The van der Waals surface area contributed by atoms with Gasteiger partial charge in [-0.3, -0.25) is 0 Å². The summed E-state index contributed by atoms with van der Waals surface area (Å²) in [6.07, 6.45) is 4.10. The molecule has 0 radical (unpaired) electrons. The molecule has 1 aliphatic rings. The van der Waals surface area contributed by atoms with Gasteiger partial charge in [-0.05, 0) is 45.4 Å². The van der Waals surface area contributed by atoms with Crippen LogP contribution in [0.4, 0.5) is 0 Å². The van der Waals surface area contributed by atoms with Gasteiger partial charge in [-0.15, -0.1) is 0 Å². The first-order valence-electron chi connectivity index (χ1n) is 6.41. The highest BCUT2D eigenvalue weighted by atomic mass is 16.5. The molecule has 0 spiro atoms. The Hall–Kier alpha value is -0.120. The van der Waals surface area contributed by atoms with Crippen molar-refractivity contribution in [3.8, 4) is 0 Å². The summed E-state index contributed by atoms with van der Waals surface area (Å²) in [6, 6.07) is 0. The second-order valence-corrected chi connectivity index (χ2v) is 4.25. The summed E-state index contributed by atoms with van der Waals surface area (Å²) >= 11 is 0. The van der Waals surface area contributed by atoms with E-state index in [2.05, 4.69) is 24.1 Å². The van der Waals surface area contributed by atoms with Crippen LogP contribution in [-0.4, -0.2) is 50.3 Å². The molecule has 1 N–H and O–H groups in total. The molecule has 15 heavy (non-hydrogen) atoms. The predicted molar refractivity (Wildman–Crippen MR) is 64.2 cm³/mol. The Balaban J connectivity index is 2.03. The molecule has 3 heteroatoms. The van der Waals surface area contributed by atoms with E-state index in [-0.39, 0.29) is 0 Å². The van der Waals surface area contributed by atoms with Crippen molar-refractivity contribution in [2.24, 2.45) is 0 Å². The number of nitrogens with zero attached hydrogens (tertiary/aromatic N) is 1. The van der Waals surface area contributed by atoms with Crippen LogP contribution in [0, 0.1) is 0 Å². The van der Waals surface area contributed by atoms with Gasteiger partial charge in [-0.1, -0.05) is 13.8 Å². The zero-order valence-corrected chi connectivity index (χ0v) is 10.3. The quantitative estimate of drug-likeness (QED) is 0.695. The van der Waals surface area contributed by atoms with Gasteiger partial charge in [0.15, 0.2) is 0 Å². The first-order chi connectivity index (χ1) is 7.36. The van der Waals surface area contributed by atoms with Crippen molar-refractivity contribution in [1.29, 1.82) is 0 Å². The van der Waals surface area contributed by atoms with E-state index in [1.807, 2.05) is 0 Å². The Morgan fingerprint density at radius 3 is 2.53 bits per heavy atom. The van der Waals surface area contributed by atoms with Crippen molar-refractivity contribution in [1.82, 2.24) is 10.2 Å². The van der Waals surface area contributed by atoms with E-state index >= 15 is 0 Å². The summed E-state index contributed by atoms with van der Waals surface area (Å²) in [5.74, 6) is 0. The summed E-state index contributed by atoms with van der Waals surface area (Å²) in [6.45, 7) is 11.0. The molecule has 1 heterocycles. The van der Waals surface area contributed by atoms with Gasteiger partial charge in [0, 0.05) is 6.54 Å². The normalized spacial score (nSPS) is 18.6. The van der Waals surface area contributed by atoms with E-state index in [1.54, 1.807) is 0 Å². The van der Waals surface area contributed by atoms with Crippen molar-refractivity contribution < 1.29 is 4.74 Å². The van der Waals surface area contributed by atoms with Gasteiger partial charge in [-0.25, -0.2) is 0 Å². The van der Waals surface area contributed by atoms with Crippen LogP contribution in [0.1, 0.15) is 33.1 Å². The fourth-order valence-electron chi connectivity index (χ4n) is 2.05. The fourth-order valence-corrected chi connectivity index (χ4v) is 2.05. The summed E-state index contributed by atoms with van der Waals surface area (Å²) in [5.41, 5.74) is 0. The molecule has 0 bridgehead atoms. The highest BCUT2D eigenvalue weighted by molar-refractivity contribution is 4.68. The average molecular weight is 214 g/mol. The van der Waals surface area contributed by atoms with E-state index in [0.29, 0.717) is 6.10 Å². The van der Waals surface area contributed by atoms with E-state index < -0.39 is 0 Å². The molecular weight excluding hydrogens is 188 g/mol. The molecule has 0 aromatic carbocycles. The van der Waals surface area contributed by atoms with E-state index in [4.69, 9.17) is 4.74 Å². The molecular formula is C12H26N2O.